The van der Waals surface area contributed by atoms with Crippen LogP contribution in [0, 0.1) is 15.3 Å². The molecule has 1 heterocycles. The minimum atomic E-state index is -0.382. The van der Waals surface area contributed by atoms with Gasteiger partial charge in [0.25, 0.3) is 5.91 Å². The van der Waals surface area contributed by atoms with E-state index in [0.717, 1.165) is 41.8 Å². The molecule has 144 valence electrons. The first-order valence-electron chi connectivity index (χ1n) is 9.13. The van der Waals surface area contributed by atoms with E-state index < -0.39 is 0 Å². The quantitative estimate of drug-likeness (QED) is 0.632. The van der Waals surface area contributed by atoms with Gasteiger partial charge in [0, 0.05) is 16.7 Å². The molecule has 3 rings (SSSR count). The van der Waals surface area contributed by atoms with Gasteiger partial charge in [0.15, 0.2) is 0 Å². The Morgan fingerprint density at radius 2 is 1.93 bits per heavy atom. The molecule has 1 fully saturated rings. The van der Waals surface area contributed by atoms with E-state index in [-0.39, 0.29) is 11.7 Å². The van der Waals surface area contributed by atoms with E-state index in [1.54, 1.807) is 13.2 Å². The largest absolute Gasteiger partial charge is 0.497 e. The minimum absolute atomic E-state index is 0.195. The standard InChI is InChI=1S/C21H24FIN2O2/c1-27-18-5-2-16(3-6-18)14-25-10-8-15(9-11-25)13-24-21(26)19-12-17(22)4-7-20(19)23/h2-7,12,15H,8-11,13-14H2,1H3,(H,24,26). The second kappa shape index (κ2) is 9.50. The number of carbonyl (C=O) groups is 1. The molecule has 0 radical (unpaired) electrons. The molecule has 1 aliphatic heterocycles. The maximum Gasteiger partial charge on any atom is 0.252 e. The van der Waals surface area contributed by atoms with E-state index in [4.69, 9.17) is 4.74 Å². The van der Waals surface area contributed by atoms with Crippen LogP contribution < -0.4 is 10.1 Å². The highest BCUT2D eigenvalue weighted by Crippen LogP contribution is 2.20. The summed E-state index contributed by atoms with van der Waals surface area (Å²) in [7, 11) is 1.67. The van der Waals surface area contributed by atoms with Crippen molar-refractivity contribution in [3.63, 3.8) is 0 Å². The number of hydrogen-bond donors (Lipinski definition) is 1. The van der Waals surface area contributed by atoms with Crippen molar-refractivity contribution in [1.82, 2.24) is 10.2 Å². The number of benzene rings is 2. The fourth-order valence-corrected chi connectivity index (χ4v) is 3.92. The highest BCUT2D eigenvalue weighted by atomic mass is 127. The first-order valence-corrected chi connectivity index (χ1v) is 10.2. The zero-order valence-electron chi connectivity index (χ0n) is 15.4. The fraction of sp³-hybridized carbons (Fsp3) is 0.381. The average molecular weight is 482 g/mol. The van der Waals surface area contributed by atoms with Crippen molar-refractivity contribution in [2.75, 3.05) is 26.7 Å². The Labute approximate surface area is 173 Å². The molecular weight excluding hydrogens is 458 g/mol. The number of ether oxygens (including phenoxy) is 1. The van der Waals surface area contributed by atoms with E-state index in [1.165, 1.54) is 17.7 Å². The van der Waals surface area contributed by atoms with Crippen molar-refractivity contribution in [3.8, 4) is 5.75 Å². The predicted octanol–water partition coefficient (Wildman–Crippen LogP) is 4.08. The van der Waals surface area contributed by atoms with Gasteiger partial charge in [-0.3, -0.25) is 9.69 Å². The highest BCUT2D eigenvalue weighted by molar-refractivity contribution is 14.1. The lowest BCUT2D eigenvalue weighted by molar-refractivity contribution is 0.0934. The number of likely N-dealkylation sites (tertiary alicyclic amines) is 1. The van der Waals surface area contributed by atoms with Gasteiger partial charge in [0.2, 0.25) is 0 Å². The summed E-state index contributed by atoms with van der Waals surface area (Å²) in [5.74, 6) is 0.764. The van der Waals surface area contributed by atoms with Gasteiger partial charge in [-0.2, -0.15) is 0 Å². The van der Waals surface area contributed by atoms with Crippen LogP contribution in [0.3, 0.4) is 0 Å². The van der Waals surface area contributed by atoms with Crippen molar-refractivity contribution in [1.29, 1.82) is 0 Å². The van der Waals surface area contributed by atoms with Crippen LogP contribution in [0.4, 0.5) is 4.39 Å². The molecule has 0 atom stereocenters. The van der Waals surface area contributed by atoms with Gasteiger partial charge in [-0.1, -0.05) is 12.1 Å². The number of amides is 1. The minimum Gasteiger partial charge on any atom is -0.497 e. The first kappa shape index (κ1) is 20.1. The van der Waals surface area contributed by atoms with Gasteiger partial charge in [-0.05, 0) is 90.3 Å². The molecule has 2 aromatic carbocycles. The molecule has 1 amide bonds. The molecule has 1 saturated heterocycles. The summed E-state index contributed by atoms with van der Waals surface area (Å²) in [4.78, 5) is 14.8. The van der Waals surface area contributed by atoms with Crippen molar-refractivity contribution < 1.29 is 13.9 Å². The number of piperidine rings is 1. The molecule has 0 bridgehead atoms. The fourth-order valence-electron chi connectivity index (χ4n) is 3.34. The highest BCUT2D eigenvalue weighted by Gasteiger charge is 2.20. The second-order valence-corrected chi connectivity index (χ2v) is 8.06. The van der Waals surface area contributed by atoms with E-state index in [1.807, 2.05) is 12.1 Å². The summed E-state index contributed by atoms with van der Waals surface area (Å²) in [5, 5.41) is 2.97. The molecule has 1 aliphatic rings. The zero-order chi connectivity index (χ0) is 19.2. The molecule has 27 heavy (non-hydrogen) atoms. The van der Waals surface area contributed by atoms with Crippen LogP contribution in [0.1, 0.15) is 28.8 Å². The SMILES string of the molecule is COc1ccc(CN2CCC(CNC(=O)c3cc(F)ccc3I)CC2)cc1. The van der Waals surface area contributed by atoms with Crippen molar-refractivity contribution in [2.45, 2.75) is 19.4 Å². The zero-order valence-corrected chi connectivity index (χ0v) is 17.5. The van der Waals surface area contributed by atoms with E-state index in [9.17, 15) is 9.18 Å². The molecule has 6 heteroatoms. The molecule has 0 aromatic heterocycles. The van der Waals surface area contributed by atoms with Crippen LogP contribution in [-0.4, -0.2) is 37.6 Å². The number of hydrogen-bond acceptors (Lipinski definition) is 3. The molecule has 0 saturated carbocycles. The topological polar surface area (TPSA) is 41.6 Å². The summed E-state index contributed by atoms with van der Waals surface area (Å²) >= 11 is 2.06. The molecular formula is C21H24FIN2O2. The Balaban J connectivity index is 1.44. The Hall–Kier alpha value is -1.67. The number of nitrogens with one attached hydrogen (secondary N) is 1. The lowest BCUT2D eigenvalue weighted by Crippen LogP contribution is -2.38. The van der Waals surface area contributed by atoms with Gasteiger partial charge < -0.3 is 10.1 Å². The van der Waals surface area contributed by atoms with Gasteiger partial charge >= 0.3 is 0 Å². The van der Waals surface area contributed by atoms with Crippen LogP contribution in [0.15, 0.2) is 42.5 Å². The van der Waals surface area contributed by atoms with E-state index in [2.05, 4.69) is 44.9 Å². The van der Waals surface area contributed by atoms with Gasteiger partial charge in [0.05, 0.1) is 12.7 Å². The van der Waals surface area contributed by atoms with E-state index >= 15 is 0 Å². The number of halogens is 2. The summed E-state index contributed by atoms with van der Waals surface area (Å²) in [6.45, 7) is 3.61. The maximum atomic E-state index is 13.4. The number of methoxy groups -OCH3 is 1. The van der Waals surface area contributed by atoms with Crippen molar-refractivity contribution >= 4 is 28.5 Å². The molecule has 0 aliphatic carbocycles. The predicted molar refractivity (Wildman–Crippen MR) is 112 cm³/mol. The summed E-state index contributed by atoms with van der Waals surface area (Å²) in [6.07, 6.45) is 2.10. The van der Waals surface area contributed by atoms with Crippen LogP contribution >= 0.6 is 22.6 Å². The second-order valence-electron chi connectivity index (χ2n) is 6.90. The lowest BCUT2D eigenvalue weighted by atomic mass is 9.96. The van der Waals surface area contributed by atoms with E-state index in [0.29, 0.717) is 18.0 Å². The maximum absolute atomic E-state index is 13.4. The smallest absolute Gasteiger partial charge is 0.252 e. The van der Waals surface area contributed by atoms with Crippen LogP contribution in [-0.2, 0) is 6.54 Å². The van der Waals surface area contributed by atoms with Gasteiger partial charge in [0.1, 0.15) is 11.6 Å². The molecule has 0 unspecified atom stereocenters. The molecule has 1 N–H and O–H groups in total. The van der Waals surface area contributed by atoms with Crippen molar-refractivity contribution in [3.05, 3.63) is 63.0 Å². The average Bonchev–Trinajstić information content (AvgIpc) is 2.69. The van der Waals surface area contributed by atoms with Gasteiger partial charge in [-0.25, -0.2) is 4.39 Å². The Morgan fingerprint density at radius 3 is 2.59 bits per heavy atom. The lowest BCUT2D eigenvalue weighted by Gasteiger charge is -2.32. The summed E-state index contributed by atoms with van der Waals surface area (Å²) in [6, 6.07) is 12.5. The third-order valence-corrected chi connectivity index (χ3v) is 5.94. The third kappa shape index (κ3) is 5.65. The third-order valence-electron chi connectivity index (χ3n) is 5.00. The number of rotatable bonds is 6. The molecule has 4 nitrogen and oxygen atoms in total. The summed E-state index contributed by atoms with van der Waals surface area (Å²) < 4.78 is 19.3. The molecule has 0 spiro atoms. The normalized spacial score (nSPS) is 15.5. The Bertz CT molecular complexity index is 774. The van der Waals surface area contributed by atoms with Crippen molar-refractivity contribution in [2.24, 2.45) is 5.92 Å². The summed E-state index contributed by atoms with van der Waals surface area (Å²) in [5.41, 5.74) is 1.69. The van der Waals surface area contributed by atoms with Gasteiger partial charge in [-0.15, -0.1) is 0 Å². The van der Waals surface area contributed by atoms with Crippen LogP contribution in [0.25, 0.3) is 0 Å². The van der Waals surface area contributed by atoms with Crippen LogP contribution in [0.5, 0.6) is 5.75 Å². The Morgan fingerprint density at radius 1 is 1.22 bits per heavy atom. The number of nitrogens with zero attached hydrogens (tertiary/aromatic N) is 1. The first-order chi connectivity index (χ1) is 13.0. The van der Waals surface area contributed by atoms with Crippen LogP contribution in [0.2, 0.25) is 0 Å². The molecule has 2 aromatic rings. The Kier molecular flexibility index (Phi) is 7.07. The monoisotopic (exact) mass is 482 g/mol. The number of carbonyl (C=O) groups excluding carboxylic acids is 1.